The van der Waals surface area contributed by atoms with E-state index in [0.29, 0.717) is 41.3 Å². The molecule has 5 rings (SSSR count). The summed E-state index contributed by atoms with van der Waals surface area (Å²) in [6, 6.07) is 5.53. The second-order valence-corrected chi connectivity index (χ2v) is 11.6. The zero-order valence-electron chi connectivity index (χ0n) is 21.4. The van der Waals surface area contributed by atoms with Gasteiger partial charge in [0.15, 0.2) is 0 Å². The van der Waals surface area contributed by atoms with Crippen LogP contribution in [-0.2, 0) is 16.2 Å². The van der Waals surface area contributed by atoms with Crippen LogP contribution in [0, 0.1) is 0 Å². The highest BCUT2D eigenvalue weighted by atomic mass is 32.2. The number of carbonyl (C=O) groups excluding carboxylic acids is 1. The van der Waals surface area contributed by atoms with E-state index in [1.165, 1.54) is 35.0 Å². The van der Waals surface area contributed by atoms with E-state index in [9.17, 15) is 26.4 Å². The first-order valence-corrected chi connectivity index (χ1v) is 13.9. The number of pyridine rings is 1. The molecule has 4 aromatic rings. The molecule has 3 aromatic heterocycles. The van der Waals surface area contributed by atoms with Crippen LogP contribution in [0.4, 0.5) is 24.7 Å². The summed E-state index contributed by atoms with van der Waals surface area (Å²) >= 11 is 0. The highest BCUT2D eigenvalue weighted by molar-refractivity contribution is 7.89. The number of hydrogen-bond donors (Lipinski definition) is 2. The lowest BCUT2D eigenvalue weighted by atomic mass is 10.1. The maximum atomic E-state index is 13.0. The molecule has 11 nitrogen and oxygen atoms in total. The van der Waals surface area contributed by atoms with E-state index in [-0.39, 0.29) is 17.5 Å². The summed E-state index contributed by atoms with van der Waals surface area (Å²) in [6.07, 6.45) is 1.56. The van der Waals surface area contributed by atoms with Gasteiger partial charge in [0.2, 0.25) is 10.0 Å². The number of nitrogens with zero attached hydrogens (tertiary/aromatic N) is 6. The van der Waals surface area contributed by atoms with Crippen molar-refractivity contribution >= 4 is 38.5 Å². The molecule has 1 atom stereocenters. The molecule has 0 radical (unpaired) electrons. The van der Waals surface area contributed by atoms with Gasteiger partial charge in [-0.3, -0.25) is 9.78 Å². The van der Waals surface area contributed by atoms with Gasteiger partial charge in [0.1, 0.15) is 17.0 Å². The van der Waals surface area contributed by atoms with Gasteiger partial charge in [-0.1, -0.05) is 0 Å². The van der Waals surface area contributed by atoms with Crippen molar-refractivity contribution in [3.8, 4) is 0 Å². The number of hydrogen-bond acceptors (Lipinski definition) is 8. The van der Waals surface area contributed by atoms with Crippen molar-refractivity contribution in [2.24, 2.45) is 0 Å². The molecule has 1 aliphatic heterocycles. The third-order valence-corrected chi connectivity index (χ3v) is 8.44. The number of fused-ring (bicyclic) bond motifs is 1. The summed E-state index contributed by atoms with van der Waals surface area (Å²) in [6.45, 7) is 4.01. The molecule has 1 aliphatic rings. The molecule has 1 aromatic carbocycles. The number of carbonyl (C=O) groups is 1. The number of nitrogens with one attached hydrogen (secondary N) is 2. The highest BCUT2D eigenvalue weighted by Crippen LogP contribution is 2.30. The van der Waals surface area contributed by atoms with Crippen molar-refractivity contribution in [2.45, 2.75) is 32.1 Å². The zero-order chi connectivity index (χ0) is 28.7. The average molecular weight is 575 g/mol. The van der Waals surface area contributed by atoms with Gasteiger partial charge in [0, 0.05) is 18.8 Å². The van der Waals surface area contributed by atoms with Gasteiger partial charge in [0.05, 0.1) is 59.5 Å². The molecule has 1 unspecified atom stereocenters. The van der Waals surface area contributed by atoms with E-state index in [1.54, 1.807) is 26.2 Å². The van der Waals surface area contributed by atoms with Crippen LogP contribution in [-0.4, -0.2) is 62.0 Å². The molecular weight excluding hydrogens is 549 g/mol. The Hall–Kier alpha value is -4.11. The number of alkyl halides is 3. The van der Waals surface area contributed by atoms with Crippen molar-refractivity contribution < 1.29 is 26.4 Å². The molecule has 1 amide bonds. The molecular formula is C25H25F3N8O3S. The van der Waals surface area contributed by atoms with Crippen molar-refractivity contribution in [3.05, 3.63) is 72.2 Å². The molecule has 4 heterocycles. The van der Waals surface area contributed by atoms with Gasteiger partial charge < -0.3 is 15.2 Å². The Kier molecular flexibility index (Phi) is 7.18. The topological polar surface area (TPSA) is 135 Å². The maximum absolute atomic E-state index is 13.0. The van der Waals surface area contributed by atoms with E-state index in [2.05, 4.69) is 30.6 Å². The molecule has 40 heavy (non-hydrogen) atoms. The summed E-state index contributed by atoms with van der Waals surface area (Å²) in [5, 5.41) is 5.71. The van der Waals surface area contributed by atoms with Crippen LogP contribution in [0.1, 0.15) is 47.7 Å². The van der Waals surface area contributed by atoms with Gasteiger partial charge in [-0.25, -0.2) is 23.4 Å². The fourth-order valence-corrected chi connectivity index (χ4v) is 5.37. The lowest BCUT2D eigenvalue weighted by Gasteiger charge is -2.38. The molecule has 210 valence electrons. The Labute approximate surface area is 227 Å². The number of amides is 1. The predicted octanol–water partition coefficient (Wildman–Crippen LogP) is 3.68. The van der Waals surface area contributed by atoms with Crippen molar-refractivity contribution in [3.63, 3.8) is 0 Å². The summed E-state index contributed by atoms with van der Waals surface area (Å²) in [5.41, 5.74) is 1.54. The van der Waals surface area contributed by atoms with Gasteiger partial charge in [-0.2, -0.15) is 17.5 Å². The summed E-state index contributed by atoms with van der Waals surface area (Å²) in [7, 11) is -3.25. The fourth-order valence-electron chi connectivity index (χ4n) is 4.21. The molecule has 15 heteroatoms. The second kappa shape index (κ2) is 10.5. The van der Waals surface area contributed by atoms with Crippen LogP contribution in [0.3, 0.4) is 0 Å². The van der Waals surface area contributed by atoms with Crippen molar-refractivity contribution in [1.82, 2.24) is 34.1 Å². The minimum atomic E-state index is -4.42. The number of halogens is 3. The monoisotopic (exact) mass is 574 g/mol. The Morgan fingerprint density at radius 3 is 2.42 bits per heavy atom. The van der Waals surface area contributed by atoms with E-state index in [4.69, 9.17) is 0 Å². The van der Waals surface area contributed by atoms with Crippen LogP contribution >= 0.6 is 0 Å². The van der Waals surface area contributed by atoms with E-state index in [0.717, 1.165) is 12.1 Å². The van der Waals surface area contributed by atoms with Gasteiger partial charge in [-0.15, -0.1) is 0 Å². The molecule has 0 aliphatic carbocycles. The van der Waals surface area contributed by atoms with Gasteiger partial charge >= 0.3 is 6.18 Å². The number of sulfonamides is 1. The van der Waals surface area contributed by atoms with Crippen LogP contribution < -0.4 is 10.6 Å². The summed E-state index contributed by atoms with van der Waals surface area (Å²) in [4.78, 5) is 30.0. The van der Waals surface area contributed by atoms with Crippen molar-refractivity contribution in [2.75, 3.05) is 24.2 Å². The third kappa shape index (κ3) is 5.60. The number of benzene rings is 1. The number of aromatic nitrogens is 5. The van der Waals surface area contributed by atoms with E-state index in [1.807, 2.05) is 4.57 Å². The normalized spacial score (nSPS) is 15.5. The van der Waals surface area contributed by atoms with Gasteiger partial charge in [0.25, 0.3) is 5.91 Å². The Bertz CT molecular complexity index is 1630. The summed E-state index contributed by atoms with van der Waals surface area (Å²) < 4.78 is 65.6. The highest BCUT2D eigenvalue weighted by Gasteiger charge is 2.36. The number of imidazole rings is 1. The number of anilines is 2. The second-order valence-electron chi connectivity index (χ2n) is 9.30. The first kappa shape index (κ1) is 27.5. The Balaban J connectivity index is 1.22. The number of rotatable bonds is 8. The first-order chi connectivity index (χ1) is 18.9. The minimum Gasteiger partial charge on any atom is -0.343 e. The first-order valence-electron chi connectivity index (χ1n) is 12.3. The lowest BCUT2D eigenvalue weighted by Crippen LogP contribution is -2.50. The van der Waals surface area contributed by atoms with Crippen LogP contribution in [0.5, 0.6) is 0 Å². The van der Waals surface area contributed by atoms with Crippen LogP contribution in [0.25, 0.3) is 11.0 Å². The Morgan fingerprint density at radius 2 is 1.80 bits per heavy atom. The maximum Gasteiger partial charge on any atom is 0.416 e. The lowest BCUT2D eigenvalue weighted by molar-refractivity contribution is -0.137. The molecule has 2 N–H and O–H groups in total. The fraction of sp³-hybridized carbons (Fsp3) is 0.320. The molecule has 0 spiro atoms. The Morgan fingerprint density at radius 1 is 1.07 bits per heavy atom. The molecule has 1 fully saturated rings. The van der Waals surface area contributed by atoms with Crippen molar-refractivity contribution in [1.29, 1.82) is 0 Å². The molecule has 0 saturated carbocycles. The SMILES string of the molecule is CCS(=O)(=O)N1CC(n2cnc3cnc(C(=O)NC(C)c4cnc(Nc5ccc(C(F)(F)F)cc5)cn4)cc32)C1. The smallest absolute Gasteiger partial charge is 0.343 e. The minimum absolute atomic E-state index is 0.0413. The molecule has 1 saturated heterocycles. The van der Waals surface area contributed by atoms with E-state index < -0.39 is 33.7 Å². The zero-order valence-corrected chi connectivity index (χ0v) is 22.2. The third-order valence-electron chi connectivity index (χ3n) is 6.62. The summed E-state index contributed by atoms with van der Waals surface area (Å²) in [5.74, 6) is -0.0806. The standard InChI is InChI=1S/C25H25F3N8O3S/c1-3-40(38,39)35-12-18(13-35)36-14-32-21-10-29-19(8-22(21)36)24(37)33-15(2)20-9-31-23(11-30-20)34-17-6-4-16(5-7-17)25(26,27)28/h4-11,14-15,18H,3,12-13H2,1-2H3,(H,31,34)(H,33,37). The largest absolute Gasteiger partial charge is 0.416 e. The predicted molar refractivity (Wildman–Crippen MR) is 140 cm³/mol. The quantitative estimate of drug-likeness (QED) is 0.326. The average Bonchev–Trinajstić information content (AvgIpc) is 3.30. The van der Waals surface area contributed by atoms with Gasteiger partial charge in [-0.05, 0) is 44.2 Å². The van der Waals surface area contributed by atoms with Crippen LogP contribution in [0.2, 0.25) is 0 Å². The van der Waals surface area contributed by atoms with E-state index >= 15 is 0 Å². The van der Waals surface area contributed by atoms with Crippen LogP contribution in [0.15, 0.2) is 55.2 Å². The molecule has 0 bridgehead atoms.